The molecule has 6 heteroatoms. The van der Waals surface area contributed by atoms with E-state index in [1.165, 1.54) is 0 Å². The first-order valence-electron chi connectivity index (χ1n) is 9.18. The second-order valence-electron chi connectivity index (χ2n) is 6.72. The number of para-hydroxylation sites is 1. The van der Waals surface area contributed by atoms with Crippen LogP contribution < -0.4 is 14.8 Å². The smallest absolute Gasteiger partial charge is 0.287 e. The summed E-state index contributed by atoms with van der Waals surface area (Å²) < 4.78 is 16.9. The van der Waals surface area contributed by atoms with E-state index in [-0.39, 0.29) is 18.1 Å². The van der Waals surface area contributed by atoms with E-state index in [2.05, 4.69) is 10.3 Å². The van der Waals surface area contributed by atoms with E-state index in [0.717, 1.165) is 31.1 Å². The normalized spacial score (nSPS) is 19.6. The first-order chi connectivity index (χ1) is 13.2. The maximum atomic E-state index is 12.6. The zero-order valence-electron chi connectivity index (χ0n) is 15.2. The van der Waals surface area contributed by atoms with E-state index < -0.39 is 0 Å². The van der Waals surface area contributed by atoms with Crippen LogP contribution in [0.1, 0.15) is 36.2 Å². The summed E-state index contributed by atoms with van der Waals surface area (Å²) in [5.74, 6) is 1.39. The molecule has 3 aromatic rings. The number of methoxy groups -OCH3 is 1. The summed E-state index contributed by atoms with van der Waals surface area (Å²) in [5, 5.41) is 3.93. The van der Waals surface area contributed by atoms with Gasteiger partial charge in [0.25, 0.3) is 5.91 Å². The predicted molar refractivity (Wildman–Crippen MR) is 101 cm³/mol. The number of amides is 1. The van der Waals surface area contributed by atoms with E-state index in [1.807, 2.05) is 36.4 Å². The Morgan fingerprint density at radius 2 is 2.00 bits per heavy atom. The van der Waals surface area contributed by atoms with Gasteiger partial charge in [-0.15, -0.1) is 0 Å². The van der Waals surface area contributed by atoms with Crippen molar-refractivity contribution in [3.63, 3.8) is 0 Å². The number of furan rings is 1. The van der Waals surface area contributed by atoms with Crippen LogP contribution in [0.15, 0.2) is 53.1 Å². The molecule has 0 unspecified atom stereocenters. The number of carbonyl (C=O) groups is 1. The Hall–Kier alpha value is -3.02. The fourth-order valence-corrected chi connectivity index (χ4v) is 3.48. The standard InChI is InChI=1S/C21H22N2O4/c1-25-17-6-4-5-14-13-18(27-20(14)17)21(24)23-15-8-10-16(11-9-15)26-19-7-2-3-12-22-19/h2-7,12-13,15-16H,8-11H2,1H3,(H,23,24). The lowest BCUT2D eigenvalue weighted by atomic mass is 9.93. The second kappa shape index (κ2) is 7.70. The molecule has 0 saturated heterocycles. The molecule has 1 aromatic carbocycles. The van der Waals surface area contributed by atoms with E-state index in [9.17, 15) is 4.79 Å². The Morgan fingerprint density at radius 3 is 2.74 bits per heavy atom. The maximum absolute atomic E-state index is 12.6. The maximum Gasteiger partial charge on any atom is 0.287 e. The van der Waals surface area contributed by atoms with Gasteiger partial charge < -0.3 is 19.2 Å². The van der Waals surface area contributed by atoms with Crippen molar-refractivity contribution in [3.8, 4) is 11.6 Å². The first kappa shape index (κ1) is 17.4. The molecule has 0 radical (unpaired) electrons. The SMILES string of the molecule is COc1cccc2cc(C(=O)NC3CCC(Oc4ccccn4)CC3)oc12. The fourth-order valence-electron chi connectivity index (χ4n) is 3.48. The van der Waals surface area contributed by atoms with Crippen LogP contribution in [0.25, 0.3) is 11.0 Å². The second-order valence-corrected chi connectivity index (χ2v) is 6.72. The van der Waals surface area contributed by atoms with Crippen LogP contribution in [0.2, 0.25) is 0 Å². The number of nitrogens with one attached hydrogen (secondary N) is 1. The predicted octanol–water partition coefficient (Wildman–Crippen LogP) is 3.96. The van der Waals surface area contributed by atoms with Crippen LogP contribution >= 0.6 is 0 Å². The van der Waals surface area contributed by atoms with Crippen molar-refractivity contribution in [1.82, 2.24) is 10.3 Å². The number of hydrogen-bond donors (Lipinski definition) is 1. The van der Waals surface area contributed by atoms with Crippen molar-refractivity contribution in [1.29, 1.82) is 0 Å². The minimum absolute atomic E-state index is 0.121. The number of fused-ring (bicyclic) bond motifs is 1. The molecule has 0 atom stereocenters. The molecule has 0 aliphatic heterocycles. The van der Waals surface area contributed by atoms with Gasteiger partial charge in [0.1, 0.15) is 6.10 Å². The third kappa shape index (κ3) is 3.89. The molecule has 140 valence electrons. The number of rotatable bonds is 5. The molecular formula is C21H22N2O4. The Labute approximate surface area is 157 Å². The molecule has 4 rings (SSSR count). The van der Waals surface area contributed by atoms with Crippen LogP contribution in [0.5, 0.6) is 11.6 Å². The van der Waals surface area contributed by atoms with Crippen LogP contribution in [-0.2, 0) is 0 Å². The van der Waals surface area contributed by atoms with Crippen molar-refractivity contribution in [2.45, 2.75) is 37.8 Å². The number of nitrogens with zero attached hydrogens (tertiary/aromatic N) is 1. The molecule has 2 aromatic heterocycles. The summed E-state index contributed by atoms with van der Waals surface area (Å²) >= 11 is 0. The fraction of sp³-hybridized carbons (Fsp3) is 0.333. The summed E-state index contributed by atoms with van der Waals surface area (Å²) in [7, 11) is 1.59. The Kier molecular flexibility index (Phi) is 4.96. The highest BCUT2D eigenvalue weighted by Crippen LogP contribution is 2.29. The molecule has 0 spiro atoms. The third-order valence-corrected chi connectivity index (χ3v) is 4.89. The first-order valence-corrected chi connectivity index (χ1v) is 9.18. The zero-order valence-corrected chi connectivity index (χ0v) is 15.2. The summed E-state index contributed by atoms with van der Waals surface area (Å²) in [6, 6.07) is 13.1. The van der Waals surface area contributed by atoms with Gasteiger partial charge in [0.2, 0.25) is 5.88 Å². The summed E-state index contributed by atoms with van der Waals surface area (Å²) in [6.45, 7) is 0. The number of benzene rings is 1. The van der Waals surface area contributed by atoms with Crippen molar-refractivity contribution < 1.29 is 18.7 Å². The Bertz CT molecular complexity index is 914. The highest BCUT2D eigenvalue weighted by molar-refractivity contribution is 5.97. The average Bonchev–Trinajstić information content (AvgIpc) is 3.15. The average molecular weight is 366 g/mol. The topological polar surface area (TPSA) is 73.6 Å². The monoisotopic (exact) mass is 366 g/mol. The quantitative estimate of drug-likeness (QED) is 0.740. The molecule has 1 N–H and O–H groups in total. The molecule has 1 saturated carbocycles. The van der Waals surface area contributed by atoms with Gasteiger partial charge in [0, 0.05) is 23.7 Å². The highest BCUT2D eigenvalue weighted by Gasteiger charge is 2.25. The van der Waals surface area contributed by atoms with Gasteiger partial charge in [0.15, 0.2) is 17.1 Å². The minimum Gasteiger partial charge on any atom is -0.493 e. The van der Waals surface area contributed by atoms with Gasteiger partial charge in [0.05, 0.1) is 7.11 Å². The van der Waals surface area contributed by atoms with E-state index in [0.29, 0.717) is 23.0 Å². The number of ether oxygens (including phenoxy) is 2. The van der Waals surface area contributed by atoms with Crippen LogP contribution in [0.4, 0.5) is 0 Å². The minimum atomic E-state index is -0.192. The number of aromatic nitrogens is 1. The lowest BCUT2D eigenvalue weighted by Gasteiger charge is -2.28. The highest BCUT2D eigenvalue weighted by atomic mass is 16.5. The van der Waals surface area contributed by atoms with Crippen LogP contribution in [0.3, 0.4) is 0 Å². The molecule has 1 amide bonds. The lowest BCUT2D eigenvalue weighted by Crippen LogP contribution is -2.39. The summed E-state index contributed by atoms with van der Waals surface area (Å²) in [6.07, 6.45) is 5.37. The zero-order chi connectivity index (χ0) is 18.6. The largest absolute Gasteiger partial charge is 0.493 e. The van der Waals surface area contributed by atoms with E-state index in [1.54, 1.807) is 19.4 Å². The number of carbonyl (C=O) groups excluding carboxylic acids is 1. The van der Waals surface area contributed by atoms with Crippen LogP contribution in [-0.4, -0.2) is 30.1 Å². The molecule has 6 nitrogen and oxygen atoms in total. The molecule has 1 aliphatic rings. The van der Waals surface area contributed by atoms with Crippen molar-refractivity contribution in [2.75, 3.05) is 7.11 Å². The van der Waals surface area contributed by atoms with Crippen molar-refractivity contribution in [3.05, 3.63) is 54.4 Å². The molecule has 0 bridgehead atoms. The lowest BCUT2D eigenvalue weighted by molar-refractivity contribution is 0.0865. The molecule has 1 aliphatic carbocycles. The van der Waals surface area contributed by atoms with Crippen molar-refractivity contribution in [2.24, 2.45) is 0 Å². The summed E-state index contributed by atoms with van der Waals surface area (Å²) in [4.78, 5) is 16.8. The van der Waals surface area contributed by atoms with Gasteiger partial charge in [-0.05, 0) is 43.9 Å². The summed E-state index contributed by atoms with van der Waals surface area (Å²) in [5.41, 5.74) is 0.595. The Balaban J connectivity index is 1.34. The van der Waals surface area contributed by atoms with E-state index >= 15 is 0 Å². The van der Waals surface area contributed by atoms with Gasteiger partial charge in [-0.2, -0.15) is 0 Å². The third-order valence-electron chi connectivity index (χ3n) is 4.89. The Morgan fingerprint density at radius 1 is 1.15 bits per heavy atom. The van der Waals surface area contributed by atoms with Crippen molar-refractivity contribution >= 4 is 16.9 Å². The number of hydrogen-bond acceptors (Lipinski definition) is 5. The van der Waals surface area contributed by atoms with E-state index in [4.69, 9.17) is 13.9 Å². The molecule has 27 heavy (non-hydrogen) atoms. The number of pyridine rings is 1. The molecular weight excluding hydrogens is 344 g/mol. The molecule has 2 heterocycles. The van der Waals surface area contributed by atoms with Gasteiger partial charge in [-0.1, -0.05) is 18.2 Å². The van der Waals surface area contributed by atoms with Gasteiger partial charge in [-0.3, -0.25) is 4.79 Å². The molecule has 1 fully saturated rings. The van der Waals surface area contributed by atoms with Gasteiger partial charge in [-0.25, -0.2) is 4.98 Å². The van der Waals surface area contributed by atoms with Crippen LogP contribution in [0, 0.1) is 0 Å². The van der Waals surface area contributed by atoms with Gasteiger partial charge >= 0.3 is 0 Å².